The Kier molecular flexibility index (Phi) is 4.21. The highest BCUT2D eigenvalue weighted by Gasteiger charge is 2.24. The maximum Gasteiger partial charge on any atom is 0.136 e. The van der Waals surface area contributed by atoms with Crippen molar-refractivity contribution >= 4 is 5.82 Å². The van der Waals surface area contributed by atoms with E-state index in [9.17, 15) is 0 Å². The number of aromatic nitrogens is 4. The van der Waals surface area contributed by atoms with Gasteiger partial charge < -0.3 is 9.64 Å². The summed E-state index contributed by atoms with van der Waals surface area (Å²) in [5.41, 5.74) is 2.50. The molecule has 1 saturated heterocycles. The molecule has 0 spiro atoms. The smallest absolute Gasteiger partial charge is 0.136 e. The number of hydrogen-bond donors (Lipinski definition) is 0. The highest BCUT2D eigenvalue weighted by Crippen LogP contribution is 2.26. The van der Waals surface area contributed by atoms with Gasteiger partial charge in [-0.15, -0.1) is 0 Å². The fraction of sp³-hybridized carbons (Fsp3) is 0.562. The fourth-order valence-corrected chi connectivity index (χ4v) is 3.30. The van der Waals surface area contributed by atoms with Crippen molar-refractivity contribution in [2.75, 3.05) is 44.3 Å². The van der Waals surface area contributed by atoms with E-state index >= 15 is 0 Å². The number of fused-ring (bicyclic) bond motifs is 1. The maximum atomic E-state index is 5.46. The first-order chi connectivity index (χ1) is 11.4. The Morgan fingerprint density at radius 2 is 2.00 bits per heavy atom. The summed E-state index contributed by atoms with van der Waals surface area (Å²) in [4.78, 5) is 13.9. The molecule has 4 rings (SSSR count). The standard InChI is InChI=1S/C16H22N6O/c1-3-19-22(4-1)7-6-20-5-2-15-14(12-20)16(18-13-17-15)21-8-10-23-11-9-21/h1,3-4,13H,2,5-12H2. The summed E-state index contributed by atoms with van der Waals surface area (Å²) < 4.78 is 7.45. The first-order valence-electron chi connectivity index (χ1n) is 8.25. The van der Waals surface area contributed by atoms with Gasteiger partial charge in [0.05, 0.1) is 25.5 Å². The van der Waals surface area contributed by atoms with Gasteiger partial charge in [-0.3, -0.25) is 9.58 Å². The zero-order valence-corrected chi connectivity index (χ0v) is 13.3. The average molecular weight is 314 g/mol. The molecule has 4 heterocycles. The molecule has 2 aliphatic heterocycles. The summed E-state index contributed by atoms with van der Waals surface area (Å²) >= 11 is 0. The number of nitrogens with zero attached hydrogens (tertiary/aromatic N) is 6. The summed E-state index contributed by atoms with van der Waals surface area (Å²) in [5, 5.41) is 4.28. The molecule has 2 aliphatic rings. The van der Waals surface area contributed by atoms with Gasteiger partial charge in [0.1, 0.15) is 12.1 Å². The highest BCUT2D eigenvalue weighted by molar-refractivity contribution is 5.49. The number of hydrogen-bond acceptors (Lipinski definition) is 6. The quantitative estimate of drug-likeness (QED) is 0.822. The third-order valence-corrected chi connectivity index (χ3v) is 4.57. The summed E-state index contributed by atoms with van der Waals surface area (Å²) in [6.07, 6.45) is 6.55. The van der Waals surface area contributed by atoms with Crippen LogP contribution in [0.3, 0.4) is 0 Å². The molecule has 7 nitrogen and oxygen atoms in total. The zero-order chi connectivity index (χ0) is 15.5. The highest BCUT2D eigenvalue weighted by atomic mass is 16.5. The first kappa shape index (κ1) is 14.6. The van der Waals surface area contributed by atoms with E-state index in [0.29, 0.717) is 0 Å². The molecular weight excluding hydrogens is 292 g/mol. The second-order valence-corrected chi connectivity index (χ2v) is 6.02. The van der Waals surface area contributed by atoms with Crippen LogP contribution in [-0.4, -0.2) is 64.0 Å². The Morgan fingerprint density at radius 3 is 2.83 bits per heavy atom. The van der Waals surface area contributed by atoms with Gasteiger partial charge in [-0.05, 0) is 6.07 Å². The van der Waals surface area contributed by atoms with Crippen LogP contribution in [0.1, 0.15) is 11.3 Å². The van der Waals surface area contributed by atoms with Crippen LogP contribution in [0.5, 0.6) is 0 Å². The van der Waals surface area contributed by atoms with Crippen LogP contribution in [0.4, 0.5) is 5.82 Å². The van der Waals surface area contributed by atoms with E-state index < -0.39 is 0 Å². The monoisotopic (exact) mass is 314 g/mol. The van der Waals surface area contributed by atoms with Crippen molar-refractivity contribution in [2.24, 2.45) is 0 Å². The molecule has 0 N–H and O–H groups in total. The summed E-state index contributed by atoms with van der Waals surface area (Å²) in [5.74, 6) is 1.10. The number of anilines is 1. The van der Waals surface area contributed by atoms with Gasteiger partial charge in [-0.1, -0.05) is 0 Å². The maximum absolute atomic E-state index is 5.46. The molecule has 122 valence electrons. The van der Waals surface area contributed by atoms with E-state index in [4.69, 9.17) is 4.74 Å². The minimum absolute atomic E-state index is 0.780. The molecule has 0 amide bonds. The van der Waals surface area contributed by atoms with E-state index in [1.165, 1.54) is 11.3 Å². The van der Waals surface area contributed by atoms with Crippen molar-refractivity contribution < 1.29 is 4.74 Å². The van der Waals surface area contributed by atoms with E-state index in [2.05, 4.69) is 24.9 Å². The SMILES string of the molecule is c1cnn(CCN2CCc3ncnc(N4CCOCC4)c3C2)c1. The lowest BCUT2D eigenvalue weighted by atomic mass is 10.1. The Hall–Kier alpha value is -1.99. The Bertz CT molecular complexity index is 638. The topological polar surface area (TPSA) is 59.3 Å². The predicted octanol–water partition coefficient (Wildman–Crippen LogP) is 0.568. The predicted molar refractivity (Wildman–Crippen MR) is 86.3 cm³/mol. The molecule has 0 saturated carbocycles. The molecule has 23 heavy (non-hydrogen) atoms. The molecule has 0 aliphatic carbocycles. The largest absolute Gasteiger partial charge is 0.378 e. The fourth-order valence-electron chi connectivity index (χ4n) is 3.30. The second kappa shape index (κ2) is 6.64. The normalized spacial score (nSPS) is 18.9. The van der Waals surface area contributed by atoms with Crippen LogP contribution in [-0.2, 0) is 24.2 Å². The van der Waals surface area contributed by atoms with Gasteiger partial charge in [-0.2, -0.15) is 5.10 Å². The Labute approximate surface area is 135 Å². The van der Waals surface area contributed by atoms with Gasteiger partial charge in [0.15, 0.2) is 0 Å². The lowest BCUT2D eigenvalue weighted by Crippen LogP contribution is -2.40. The van der Waals surface area contributed by atoms with Gasteiger partial charge >= 0.3 is 0 Å². The second-order valence-electron chi connectivity index (χ2n) is 6.02. The van der Waals surface area contributed by atoms with Crippen LogP contribution in [0, 0.1) is 0 Å². The average Bonchev–Trinajstić information content (AvgIpc) is 3.13. The molecule has 2 aromatic heterocycles. The lowest BCUT2D eigenvalue weighted by Gasteiger charge is -2.34. The molecule has 0 radical (unpaired) electrons. The van der Waals surface area contributed by atoms with E-state index in [0.717, 1.165) is 64.7 Å². The van der Waals surface area contributed by atoms with Crippen LogP contribution >= 0.6 is 0 Å². The van der Waals surface area contributed by atoms with Crippen LogP contribution < -0.4 is 4.90 Å². The third kappa shape index (κ3) is 3.20. The molecular formula is C16H22N6O. The van der Waals surface area contributed by atoms with Gasteiger partial charge in [0.2, 0.25) is 0 Å². The zero-order valence-electron chi connectivity index (χ0n) is 13.3. The van der Waals surface area contributed by atoms with Crippen molar-refractivity contribution in [1.82, 2.24) is 24.6 Å². The molecule has 0 aromatic carbocycles. The van der Waals surface area contributed by atoms with Crippen molar-refractivity contribution in [1.29, 1.82) is 0 Å². The van der Waals surface area contributed by atoms with Gasteiger partial charge in [-0.25, -0.2) is 9.97 Å². The number of morpholine rings is 1. The molecule has 0 atom stereocenters. The van der Waals surface area contributed by atoms with Crippen molar-refractivity contribution in [3.63, 3.8) is 0 Å². The number of ether oxygens (including phenoxy) is 1. The van der Waals surface area contributed by atoms with Crippen molar-refractivity contribution in [2.45, 2.75) is 19.5 Å². The van der Waals surface area contributed by atoms with Crippen molar-refractivity contribution in [3.8, 4) is 0 Å². The molecule has 2 aromatic rings. The minimum atomic E-state index is 0.780. The summed E-state index contributed by atoms with van der Waals surface area (Å²) in [6.45, 7) is 7.27. The van der Waals surface area contributed by atoms with Crippen molar-refractivity contribution in [3.05, 3.63) is 36.0 Å². The first-order valence-corrected chi connectivity index (χ1v) is 8.25. The van der Waals surface area contributed by atoms with Gasteiger partial charge in [0, 0.05) is 57.1 Å². The molecule has 0 bridgehead atoms. The van der Waals surface area contributed by atoms with Crippen LogP contribution in [0.2, 0.25) is 0 Å². The van der Waals surface area contributed by atoms with E-state index in [1.54, 1.807) is 6.33 Å². The number of rotatable bonds is 4. The van der Waals surface area contributed by atoms with E-state index in [-0.39, 0.29) is 0 Å². The summed E-state index contributed by atoms with van der Waals surface area (Å²) in [6, 6.07) is 1.97. The Morgan fingerprint density at radius 1 is 1.09 bits per heavy atom. The summed E-state index contributed by atoms with van der Waals surface area (Å²) in [7, 11) is 0. The third-order valence-electron chi connectivity index (χ3n) is 4.57. The van der Waals surface area contributed by atoms with Gasteiger partial charge in [0.25, 0.3) is 0 Å². The van der Waals surface area contributed by atoms with E-state index in [1.807, 2.05) is 23.1 Å². The van der Waals surface area contributed by atoms with Crippen LogP contribution in [0.15, 0.2) is 24.8 Å². The molecule has 1 fully saturated rings. The minimum Gasteiger partial charge on any atom is -0.378 e. The van der Waals surface area contributed by atoms with Crippen LogP contribution in [0.25, 0.3) is 0 Å². The molecule has 0 unspecified atom stereocenters. The lowest BCUT2D eigenvalue weighted by molar-refractivity contribution is 0.122. The molecule has 7 heteroatoms. The Balaban J connectivity index is 1.48.